The lowest BCUT2D eigenvalue weighted by molar-refractivity contribution is 0.855. The predicted molar refractivity (Wildman–Crippen MR) is 41.1 cm³/mol. The van der Waals surface area contributed by atoms with Crippen LogP contribution in [0.2, 0.25) is 0 Å². The fourth-order valence-electron chi connectivity index (χ4n) is 1.30. The van der Waals surface area contributed by atoms with E-state index < -0.39 is 0 Å². The molecule has 0 saturated heterocycles. The summed E-state index contributed by atoms with van der Waals surface area (Å²) >= 11 is 0. The second kappa shape index (κ2) is 1.90. The molecule has 0 aromatic rings. The van der Waals surface area contributed by atoms with Crippen molar-refractivity contribution < 1.29 is 0 Å². The molecule has 0 fully saturated rings. The van der Waals surface area contributed by atoms with Crippen LogP contribution in [-0.4, -0.2) is 6.54 Å². The summed E-state index contributed by atoms with van der Waals surface area (Å²) in [5.41, 5.74) is 9.13. The topological polar surface area (TPSA) is 38.0 Å². The fraction of sp³-hybridized carbons (Fsp3) is 0.250. The minimum atomic E-state index is 0.795. The van der Waals surface area contributed by atoms with E-state index in [2.05, 4.69) is 23.5 Å². The molecule has 0 amide bonds. The van der Waals surface area contributed by atoms with Crippen molar-refractivity contribution in [3.05, 3.63) is 35.2 Å². The molecule has 1 heterocycles. The molecule has 52 valence electrons. The molecule has 1 aliphatic heterocycles. The van der Waals surface area contributed by atoms with Crippen molar-refractivity contribution in [2.45, 2.75) is 6.42 Å². The van der Waals surface area contributed by atoms with Crippen LogP contribution in [0, 0.1) is 0 Å². The van der Waals surface area contributed by atoms with Gasteiger partial charge in [-0.05, 0) is 24.1 Å². The Bertz CT molecular complexity index is 246. The molecule has 0 radical (unpaired) electrons. The summed E-state index contributed by atoms with van der Waals surface area (Å²) < 4.78 is 0. The molecule has 0 atom stereocenters. The maximum absolute atomic E-state index is 5.63. The smallest absolute Gasteiger partial charge is 0.0546 e. The van der Waals surface area contributed by atoms with Crippen molar-refractivity contribution >= 4 is 0 Å². The normalized spacial score (nSPS) is 22.2. The third kappa shape index (κ3) is 0.727. The number of hydrogen-bond donors (Lipinski definition) is 2. The Hall–Kier alpha value is -1.18. The Kier molecular flexibility index (Phi) is 1.07. The summed E-state index contributed by atoms with van der Waals surface area (Å²) in [6, 6.07) is 0. The van der Waals surface area contributed by atoms with Gasteiger partial charge in [-0.1, -0.05) is 6.08 Å². The lowest BCUT2D eigenvalue weighted by Crippen LogP contribution is -2.23. The zero-order valence-electron chi connectivity index (χ0n) is 5.72. The van der Waals surface area contributed by atoms with Crippen LogP contribution in [0.1, 0.15) is 6.42 Å². The van der Waals surface area contributed by atoms with Gasteiger partial charge in [-0.3, -0.25) is 0 Å². The summed E-state index contributed by atoms with van der Waals surface area (Å²) in [7, 11) is 0. The fourth-order valence-corrected chi connectivity index (χ4v) is 1.30. The number of allylic oxidation sites excluding steroid dienone is 4. The molecule has 1 aliphatic carbocycles. The van der Waals surface area contributed by atoms with Crippen LogP contribution < -0.4 is 11.1 Å². The molecular formula is C8H10N2. The average Bonchev–Trinajstić information content (AvgIpc) is 2.33. The molecule has 0 aromatic heterocycles. The number of rotatable bonds is 0. The van der Waals surface area contributed by atoms with Crippen LogP contribution in [0.4, 0.5) is 0 Å². The van der Waals surface area contributed by atoms with Crippen molar-refractivity contribution in [1.82, 2.24) is 5.32 Å². The van der Waals surface area contributed by atoms with E-state index in [1.165, 1.54) is 11.3 Å². The highest BCUT2D eigenvalue weighted by Gasteiger charge is 2.10. The molecular weight excluding hydrogens is 124 g/mol. The zero-order valence-corrected chi connectivity index (χ0v) is 5.72. The highest BCUT2D eigenvalue weighted by Crippen LogP contribution is 2.20. The van der Waals surface area contributed by atoms with E-state index >= 15 is 0 Å². The quantitative estimate of drug-likeness (QED) is 0.510. The van der Waals surface area contributed by atoms with Gasteiger partial charge in [-0.2, -0.15) is 0 Å². The predicted octanol–water partition coefficient (Wildman–Crippen LogP) is 0.646. The van der Waals surface area contributed by atoms with Crippen LogP contribution in [0.5, 0.6) is 0 Å². The van der Waals surface area contributed by atoms with E-state index in [9.17, 15) is 0 Å². The number of nitrogens with one attached hydrogen (secondary N) is 1. The zero-order chi connectivity index (χ0) is 6.97. The van der Waals surface area contributed by atoms with E-state index in [-0.39, 0.29) is 0 Å². The van der Waals surface area contributed by atoms with Crippen molar-refractivity contribution in [2.24, 2.45) is 5.73 Å². The average molecular weight is 134 g/mol. The Labute approximate surface area is 60.1 Å². The van der Waals surface area contributed by atoms with Crippen LogP contribution in [-0.2, 0) is 0 Å². The van der Waals surface area contributed by atoms with Crippen molar-refractivity contribution in [3.63, 3.8) is 0 Å². The van der Waals surface area contributed by atoms with Crippen molar-refractivity contribution in [1.29, 1.82) is 0 Å². The lowest BCUT2D eigenvalue weighted by Gasteiger charge is -2.13. The Morgan fingerprint density at radius 3 is 3.30 bits per heavy atom. The molecule has 2 rings (SSSR count). The summed E-state index contributed by atoms with van der Waals surface area (Å²) in [5.74, 6) is 0. The molecule has 0 bridgehead atoms. The number of dihydropyridines is 1. The van der Waals surface area contributed by atoms with Gasteiger partial charge in [0.1, 0.15) is 0 Å². The third-order valence-electron chi connectivity index (χ3n) is 1.81. The highest BCUT2D eigenvalue weighted by atomic mass is 14.9. The molecule has 0 saturated carbocycles. The van der Waals surface area contributed by atoms with Crippen LogP contribution in [0.25, 0.3) is 0 Å². The standard InChI is InChI=1S/C8H10N2/c9-7-4-6-2-1-3-8(6)10-5-7/h1,3-4,10H,2,5,9H2. The number of hydrogen-bond acceptors (Lipinski definition) is 2. The molecule has 0 spiro atoms. The van der Waals surface area contributed by atoms with Crippen LogP contribution >= 0.6 is 0 Å². The van der Waals surface area contributed by atoms with Gasteiger partial charge in [-0.25, -0.2) is 0 Å². The number of nitrogens with two attached hydrogens (primary N) is 1. The minimum absolute atomic E-state index is 0.795. The molecule has 2 nitrogen and oxygen atoms in total. The Morgan fingerprint density at radius 1 is 1.50 bits per heavy atom. The van der Waals surface area contributed by atoms with E-state index in [1.54, 1.807) is 0 Å². The molecule has 0 aromatic carbocycles. The second-order valence-electron chi connectivity index (χ2n) is 2.62. The van der Waals surface area contributed by atoms with Crippen LogP contribution in [0.15, 0.2) is 35.2 Å². The van der Waals surface area contributed by atoms with Gasteiger partial charge >= 0.3 is 0 Å². The van der Waals surface area contributed by atoms with Gasteiger partial charge in [0.05, 0.1) is 6.54 Å². The summed E-state index contributed by atoms with van der Waals surface area (Å²) in [6.45, 7) is 0.795. The van der Waals surface area contributed by atoms with E-state index in [0.717, 1.165) is 18.7 Å². The molecule has 0 unspecified atom stereocenters. The molecule has 2 aliphatic rings. The Morgan fingerprint density at radius 2 is 2.40 bits per heavy atom. The summed E-state index contributed by atoms with van der Waals surface area (Å²) in [4.78, 5) is 0. The molecule has 10 heavy (non-hydrogen) atoms. The maximum atomic E-state index is 5.63. The summed E-state index contributed by atoms with van der Waals surface area (Å²) in [6.07, 6.45) is 7.35. The van der Waals surface area contributed by atoms with Crippen molar-refractivity contribution in [2.75, 3.05) is 6.54 Å². The second-order valence-corrected chi connectivity index (χ2v) is 2.62. The molecule has 3 N–H and O–H groups in total. The lowest BCUT2D eigenvalue weighted by atomic mass is 10.1. The van der Waals surface area contributed by atoms with Crippen LogP contribution in [0.3, 0.4) is 0 Å². The Balaban J connectivity index is 2.34. The SMILES string of the molecule is NC1=CC2=C(C=CC2)NC1. The van der Waals surface area contributed by atoms with Gasteiger partial charge < -0.3 is 11.1 Å². The van der Waals surface area contributed by atoms with Gasteiger partial charge in [0.2, 0.25) is 0 Å². The minimum Gasteiger partial charge on any atom is -0.401 e. The van der Waals surface area contributed by atoms with Gasteiger partial charge in [0.15, 0.2) is 0 Å². The first-order chi connectivity index (χ1) is 4.86. The third-order valence-corrected chi connectivity index (χ3v) is 1.81. The first-order valence-corrected chi connectivity index (χ1v) is 3.46. The first kappa shape index (κ1) is 5.59. The maximum Gasteiger partial charge on any atom is 0.0546 e. The largest absolute Gasteiger partial charge is 0.401 e. The summed E-state index contributed by atoms with van der Waals surface area (Å²) in [5, 5.41) is 3.23. The van der Waals surface area contributed by atoms with E-state index in [4.69, 9.17) is 5.73 Å². The highest BCUT2D eigenvalue weighted by molar-refractivity contribution is 5.43. The van der Waals surface area contributed by atoms with Gasteiger partial charge in [0.25, 0.3) is 0 Å². The van der Waals surface area contributed by atoms with E-state index in [0.29, 0.717) is 0 Å². The van der Waals surface area contributed by atoms with Crippen molar-refractivity contribution in [3.8, 4) is 0 Å². The first-order valence-electron chi connectivity index (χ1n) is 3.46. The monoisotopic (exact) mass is 134 g/mol. The van der Waals surface area contributed by atoms with Gasteiger partial charge in [0, 0.05) is 11.4 Å². The van der Waals surface area contributed by atoms with E-state index in [1.807, 2.05) is 0 Å². The molecule has 2 heteroatoms. The van der Waals surface area contributed by atoms with Gasteiger partial charge in [-0.15, -0.1) is 0 Å².